The minimum absolute atomic E-state index is 0.362. The van der Waals surface area contributed by atoms with Crippen molar-refractivity contribution in [2.75, 3.05) is 0 Å². The largest absolute Gasteiger partial charge is 0.472 e. The molecule has 0 radical (unpaired) electrons. The van der Waals surface area contributed by atoms with Crippen LogP contribution in [0.3, 0.4) is 0 Å². The van der Waals surface area contributed by atoms with Crippen LogP contribution in [0.2, 0.25) is 5.02 Å². The van der Waals surface area contributed by atoms with Crippen LogP contribution in [-0.2, 0) is 19.4 Å². The first-order chi connectivity index (χ1) is 10.3. The van der Waals surface area contributed by atoms with Gasteiger partial charge in [0.1, 0.15) is 18.2 Å². The van der Waals surface area contributed by atoms with E-state index in [0.29, 0.717) is 23.1 Å². The fourth-order valence-electron chi connectivity index (χ4n) is 2.58. The van der Waals surface area contributed by atoms with E-state index >= 15 is 0 Å². The van der Waals surface area contributed by atoms with Crippen molar-refractivity contribution in [3.63, 3.8) is 0 Å². The number of fused-ring (bicyclic) bond motifs is 1. The third-order valence-electron chi connectivity index (χ3n) is 3.65. The number of rotatable bonds is 3. The number of aryl methyl sites for hydroxylation is 2. The van der Waals surface area contributed by atoms with E-state index in [1.54, 1.807) is 0 Å². The molecule has 1 aromatic carbocycles. The van der Waals surface area contributed by atoms with E-state index < -0.39 is 0 Å². The molecular weight excluding hydrogens is 284 g/mol. The zero-order valence-electron chi connectivity index (χ0n) is 11.6. The highest BCUT2D eigenvalue weighted by Gasteiger charge is 2.16. The SMILES string of the molecule is N#Cc1cc2c(nc1OCc1cccc(Cl)c1)CCCC2. The number of nitriles is 1. The first-order valence-electron chi connectivity index (χ1n) is 7.06. The maximum absolute atomic E-state index is 9.27. The number of hydrogen-bond donors (Lipinski definition) is 0. The second-order valence-electron chi connectivity index (χ2n) is 5.18. The fourth-order valence-corrected chi connectivity index (χ4v) is 2.80. The minimum Gasteiger partial charge on any atom is -0.472 e. The Morgan fingerprint density at radius 3 is 2.90 bits per heavy atom. The topological polar surface area (TPSA) is 45.9 Å². The van der Waals surface area contributed by atoms with Crippen LogP contribution in [0.4, 0.5) is 0 Å². The zero-order chi connectivity index (χ0) is 14.7. The van der Waals surface area contributed by atoms with Crippen molar-refractivity contribution in [2.24, 2.45) is 0 Å². The normalized spacial score (nSPS) is 13.3. The number of aromatic nitrogens is 1. The molecule has 0 aliphatic heterocycles. The zero-order valence-corrected chi connectivity index (χ0v) is 12.4. The quantitative estimate of drug-likeness (QED) is 0.858. The monoisotopic (exact) mass is 298 g/mol. The van der Waals surface area contributed by atoms with Crippen molar-refractivity contribution in [3.05, 3.63) is 57.7 Å². The summed E-state index contributed by atoms with van der Waals surface area (Å²) in [6.07, 6.45) is 4.29. The smallest absolute Gasteiger partial charge is 0.232 e. The van der Waals surface area contributed by atoms with Crippen molar-refractivity contribution in [1.29, 1.82) is 5.26 Å². The summed E-state index contributed by atoms with van der Waals surface area (Å²) in [5, 5.41) is 9.95. The lowest BCUT2D eigenvalue weighted by atomic mass is 9.95. The Labute approximate surface area is 129 Å². The number of pyridine rings is 1. The van der Waals surface area contributed by atoms with E-state index in [4.69, 9.17) is 16.3 Å². The molecule has 106 valence electrons. The Kier molecular flexibility index (Phi) is 4.08. The Bertz CT molecular complexity index is 706. The maximum atomic E-state index is 9.27. The fraction of sp³-hybridized carbons (Fsp3) is 0.294. The van der Waals surface area contributed by atoms with Gasteiger partial charge < -0.3 is 4.74 Å². The number of halogens is 1. The van der Waals surface area contributed by atoms with Crippen LogP contribution in [0.1, 0.15) is 35.2 Å². The van der Waals surface area contributed by atoms with Gasteiger partial charge in [0.2, 0.25) is 5.88 Å². The van der Waals surface area contributed by atoms with E-state index in [1.807, 2.05) is 30.3 Å². The highest BCUT2D eigenvalue weighted by molar-refractivity contribution is 6.30. The standard InChI is InChI=1S/C17H15ClN2O/c18-15-6-3-4-12(8-15)11-21-17-14(10-19)9-13-5-1-2-7-16(13)20-17/h3-4,6,8-9H,1-2,5,7,11H2. The van der Waals surface area contributed by atoms with Crippen molar-refractivity contribution in [3.8, 4) is 11.9 Å². The summed E-state index contributed by atoms with van der Waals surface area (Å²) < 4.78 is 5.74. The van der Waals surface area contributed by atoms with Crippen molar-refractivity contribution in [2.45, 2.75) is 32.3 Å². The Balaban J connectivity index is 1.83. The van der Waals surface area contributed by atoms with Gasteiger partial charge in [-0.2, -0.15) is 5.26 Å². The van der Waals surface area contributed by atoms with Gasteiger partial charge in [-0.05, 0) is 55.0 Å². The van der Waals surface area contributed by atoms with Gasteiger partial charge in [-0.15, -0.1) is 0 Å². The lowest BCUT2D eigenvalue weighted by Gasteiger charge is -2.16. The highest BCUT2D eigenvalue weighted by Crippen LogP contribution is 2.26. The second kappa shape index (κ2) is 6.15. The lowest BCUT2D eigenvalue weighted by molar-refractivity contribution is 0.291. The molecule has 2 aromatic rings. The molecule has 3 nitrogen and oxygen atoms in total. The molecule has 0 amide bonds. The Morgan fingerprint density at radius 1 is 1.24 bits per heavy atom. The third kappa shape index (κ3) is 3.17. The molecule has 0 fully saturated rings. The molecule has 0 unspecified atom stereocenters. The molecule has 1 heterocycles. The van der Waals surface area contributed by atoms with E-state index in [-0.39, 0.29) is 0 Å². The molecule has 0 bridgehead atoms. The number of nitrogens with zero attached hydrogens (tertiary/aromatic N) is 2. The number of ether oxygens (including phenoxy) is 1. The van der Waals surface area contributed by atoms with Gasteiger partial charge in [0.15, 0.2) is 0 Å². The molecular formula is C17H15ClN2O. The summed E-state index contributed by atoms with van der Waals surface area (Å²) in [5.41, 5.74) is 3.73. The Hall–Kier alpha value is -2.05. The van der Waals surface area contributed by atoms with E-state index in [0.717, 1.165) is 30.5 Å². The van der Waals surface area contributed by atoms with Gasteiger partial charge in [-0.3, -0.25) is 0 Å². The molecule has 1 aromatic heterocycles. The molecule has 0 saturated heterocycles. The summed E-state index contributed by atoms with van der Waals surface area (Å²) in [7, 11) is 0. The van der Waals surface area contributed by atoms with Gasteiger partial charge in [0.05, 0.1) is 0 Å². The van der Waals surface area contributed by atoms with Gasteiger partial charge >= 0.3 is 0 Å². The first kappa shape index (κ1) is 13.9. The Morgan fingerprint density at radius 2 is 2.10 bits per heavy atom. The van der Waals surface area contributed by atoms with Crippen molar-refractivity contribution in [1.82, 2.24) is 4.98 Å². The van der Waals surface area contributed by atoms with Gasteiger partial charge in [0.25, 0.3) is 0 Å². The van der Waals surface area contributed by atoms with Crippen LogP contribution < -0.4 is 4.74 Å². The predicted molar refractivity (Wildman–Crippen MR) is 81.4 cm³/mol. The van der Waals surface area contributed by atoms with E-state index in [1.165, 1.54) is 12.0 Å². The minimum atomic E-state index is 0.362. The molecule has 3 rings (SSSR count). The molecule has 0 spiro atoms. The van der Waals surface area contributed by atoms with Crippen LogP contribution in [0, 0.1) is 11.3 Å². The van der Waals surface area contributed by atoms with Crippen LogP contribution in [0.5, 0.6) is 5.88 Å². The van der Waals surface area contributed by atoms with Crippen molar-refractivity contribution >= 4 is 11.6 Å². The molecule has 1 aliphatic rings. The molecule has 0 atom stereocenters. The number of benzene rings is 1. The second-order valence-corrected chi connectivity index (χ2v) is 5.62. The molecule has 0 saturated carbocycles. The maximum Gasteiger partial charge on any atom is 0.232 e. The third-order valence-corrected chi connectivity index (χ3v) is 3.89. The summed E-state index contributed by atoms with van der Waals surface area (Å²) in [4.78, 5) is 4.54. The van der Waals surface area contributed by atoms with Gasteiger partial charge in [-0.25, -0.2) is 4.98 Å². The average Bonchev–Trinajstić information content (AvgIpc) is 2.52. The van der Waals surface area contributed by atoms with E-state index in [9.17, 15) is 5.26 Å². The summed E-state index contributed by atoms with van der Waals surface area (Å²) in [5.74, 6) is 0.429. The molecule has 1 aliphatic carbocycles. The van der Waals surface area contributed by atoms with Crippen LogP contribution in [-0.4, -0.2) is 4.98 Å². The summed E-state index contributed by atoms with van der Waals surface area (Å²) in [6, 6.07) is 11.6. The first-order valence-corrected chi connectivity index (χ1v) is 7.44. The van der Waals surface area contributed by atoms with Crippen LogP contribution in [0.25, 0.3) is 0 Å². The van der Waals surface area contributed by atoms with Crippen LogP contribution in [0.15, 0.2) is 30.3 Å². The molecule has 21 heavy (non-hydrogen) atoms. The van der Waals surface area contributed by atoms with Crippen molar-refractivity contribution < 1.29 is 4.74 Å². The highest BCUT2D eigenvalue weighted by atomic mass is 35.5. The summed E-state index contributed by atoms with van der Waals surface area (Å²) >= 11 is 5.96. The number of hydrogen-bond acceptors (Lipinski definition) is 3. The van der Waals surface area contributed by atoms with Gasteiger partial charge in [-0.1, -0.05) is 23.7 Å². The van der Waals surface area contributed by atoms with E-state index in [2.05, 4.69) is 11.1 Å². The molecule has 0 N–H and O–H groups in total. The lowest BCUT2D eigenvalue weighted by Crippen LogP contribution is -2.09. The van der Waals surface area contributed by atoms with Gasteiger partial charge in [0, 0.05) is 10.7 Å². The summed E-state index contributed by atoms with van der Waals surface area (Å²) in [6.45, 7) is 0.362. The van der Waals surface area contributed by atoms with Crippen LogP contribution >= 0.6 is 11.6 Å². The average molecular weight is 299 g/mol. The predicted octanol–water partition coefficient (Wildman–Crippen LogP) is 4.06. The molecule has 4 heteroatoms.